The first kappa shape index (κ1) is 17.8. The van der Waals surface area contributed by atoms with Gasteiger partial charge in [0.2, 0.25) is 0 Å². The number of alkyl halides is 3. The molecule has 1 unspecified atom stereocenters. The van der Waals surface area contributed by atoms with Gasteiger partial charge in [-0.05, 0) is 49.2 Å². The van der Waals surface area contributed by atoms with E-state index in [-0.39, 0.29) is 5.69 Å². The van der Waals surface area contributed by atoms with Gasteiger partial charge in [-0.25, -0.2) is 0 Å². The zero-order chi connectivity index (χ0) is 17.7. The fourth-order valence-corrected chi connectivity index (χ4v) is 2.08. The van der Waals surface area contributed by atoms with Crippen molar-refractivity contribution in [3.8, 4) is 5.75 Å². The highest BCUT2D eigenvalue weighted by molar-refractivity contribution is 5.94. The first-order chi connectivity index (χ1) is 11.3. The summed E-state index contributed by atoms with van der Waals surface area (Å²) in [5, 5.41) is 2.43. The molecule has 24 heavy (non-hydrogen) atoms. The Balaban J connectivity index is 2.00. The highest BCUT2D eigenvalue weighted by atomic mass is 19.4. The molecule has 2 aromatic carbocycles. The predicted octanol–water partition coefficient (Wildman–Crippen LogP) is 4.67. The molecule has 0 aliphatic heterocycles. The number of anilines is 1. The van der Waals surface area contributed by atoms with E-state index in [1.165, 1.54) is 19.1 Å². The summed E-state index contributed by atoms with van der Waals surface area (Å²) in [6.45, 7) is 3.57. The molecule has 0 saturated heterocycles. The molecular weight excluding hydrogens is 319 g/mol. The number of hydrogen-bond donors (Lipinski definition) is 1. The van der Waals surface area contributed by atoms with Crippen molar-refractivity contribution in [3.05, 3.63) is 59.7 Å². The highest BCUT2D eigenvalue weighted by Crippen LogP contribution is 2.30. The molecule has 0 aliphatic rings. The zero-order valence-corrected chi connectivity index (χ0v) is 13.4. The average molecular weight is 337 g/mol. The van der Waals surface area contributed by atoms with E-state index >= 15 is 0 Å². The Labute approximate surface area is 138 Å². The van der Waals surface area contributed by atoms with Gasteiger partial charge in [-0.3, -0.25) is 4.79 Å². The summed E-state index contributed by atoms with van der Waals surface area (Å²) in [6, 6.07) is 11.8. The van der Waals surface area contributed by atoms with Gasteiger partial charge >= 0.3 is 6.18 Å². The summed E-state index contributed by atoms with van der Waals surface area (Å²) >= 11 is 0. The number of nitrogens with one attached hydrogen (secondary N) is 1. The smallest absolute Gasteiger partial charge is 0.416 e. The number of ether oxygens (including phenoxy) is 1. The summed E-state index contributed by atoms with van der Waals surface area (Å²) in [5.74, 6) is 0.00721. The second-order valence-corrected chi connectivity index (χ2v) is 5.33. The van der Waals surface area contributed by atoms with Crippen LogP contribution in [0.1, 0.15) is 25.0 Å². The van der Waals surface area contributed by atoms with Gasteiger partial charge in [0.25, 0.3) is 5.91 Å². The minimum atomic E-state index is -4.45. The number of carbonyl (C=O) groups is 1. The van der Waals surface area contributed by atoms with Crippen LogP contribution in [0.15, 0.2) is 48.5 Å². The molecule has 0 fully saturated rings. The van der Waals surface area contributed by atoms with Gasteiger partial charge < -0.3 is 10.1 Å². The van der Waals surface area contributed by atoms with Crippen LogP contribution in [0.3, 0.4) is 0 Å². The van der Waals surface area contributed by atoms with Crippen LogP contribution >= 0.6 is 0 Å². The fourth-order valence-electron chi connectivity index (χ4n) is 2.08. The molecule has 0 radical (unpaired) electrons. The van der Waals surface area contributed by atoms with E-state index in [0.29, 0.717) is 5.75 Å². The third-order valence-electron chi connectivity index (χ3n) is 3.47. The number of amides is 1. The van der Waals surface area contributed by atoms with Crippen molar-refractivity contribution in [2.45, 2.75) is 32.5 Å². The van der Waals surface area contributed by atoms with Crippen molar-refractivity contribution in [1.29, 1.82) is 0 Å². The van der Waals surface area contributed by atoms with Crippen LogP contribution < -0.4 is 10.1 Å². The van der Waals surface area contributed by atoms with Crippen LogP contribution in [-0.4, -0.2) is 12.0 Å². The third-order valence-corrected chi connectivity index (χ3v) is 3.47. The van der Waals surface area contributed by atoms with Crippen LogP contribution in [0.25, 0.3) is 0 Å². The maximum atomic E-state index is 12.7. The lowest BCUT2D eigenvalue weighted by atomic mass is 10.2. The molecule has 0 aromatic heterocycles. The zero-order valence-electron chi connectivity index (χ0n) is 13.4. The molecule has 3 nitrogen and oxygen atoms in total. The second kappa shape index (κ2) is 7.38. The van der Waals surface area contributed by atoms with Gasteiger partial charge in [0.05, 0.1) is 5.56 Å². The average Bonchev–Trinajstić information content (AvgIpc) is 2.55. The SMILES string of the molecule is CCc1ccc(OC(C)C(=O)Nc2cccc(C(F)(F)F)c2)cc1. The van der Waals surface area contributed by atoms with Crippen molar-refractivity contribution < 1.29 is 22.7 Å². The molecule has 0 saturated carbocycles. The van der Waals surface area contributed by atoms with Crippen LogP contribution in [0.4, 0.5) is 18.9 Å². The van der Waals surface area contributed by atoms with Crippen LogP contribution in [-0.2, 0) is 17.4 Å². The Morgan fingerprint density at radius 1 is 1.17 bits per heavy atom. The van der Waals surface area contributed by atoms with E-state index < -0.39 is 23.8 Å². The lowest BCUT2D eigenvalue weighted by Crippen LogP contribution is -2.30. The van der Waals surface area contributed by atoms with Gasteiger partial charge in [-0.15, -0.1) is 0 Å². The Hall–Kier alpha value is -2.50. The Bertz CT molecular complexity index is 696. The normalized spacial score (nSPS) is 12.5. The summed E-state index contributed by atoms with van der Waals surface area (Å²) in [6.07, 6.45) is -4.40. The Morgan fingerprint density at radius 3 is 2.42 bits per heavy atom. The quantitative estimate of drug-likeness (QED) is 0.861. The van der Waals surface area contributed by atoms with Gasteiger partial charge in [-0.2, -0.15) is 13.2 Å². The Morgan fingerprint density at radius 2 is 1.83 bits per heavy atom. The number of benzene rings is 2. The molecule has 2 aromatic rings. The van der Waals surface area contributed by atoms with Gasteiger partial charge in [0.1, 0.15) is 5.75 Å². The molecule has 0 bridgehead atoms. The molecular formula is C18H18F3NO2. The molecule has 6 heteroatoms. The first-order valence-electron chi connectivity index (χ1n) is 7.53. The van der Waals surface area contributed by atoms with E-state index in [1.807, 2.05) is 19.1 Å². The molecule has 1 atom stereocenters. The van der Waals surface area contributed by atoms with Crippen LogP contribution in [0.5, 0.6) is 5.75 Å². The molecule has 0 aliphatic carbocycles. The van der Waals surface area contributed by atoms with E-state index in [2.05, 4.69) is 5.32 Å². The Kier molecular flexibility index (Phi) is 5.49. The van der Waals surface area contributed by atoms with E-state index in [9.17, 15) is 18.0 Å². The number of halogens is 3. The predicted molar refractivity (Wildman–Crippen MR) is 86.0 cm³/mol. The second-order valence-electron chi connectivity index (χ2n) is 5.33. The summed E-state index contributed by atoms with van der Waals surface area (Å²) in [4.78, 5) is 12.1. The highest BCUT2D eigenvalue weighted by Gasteiger charge is 2.30. The monoisotopic (exact) mass is 337 g/mol. The summed E-state index contributed by atoms with van der Waals surface area (Å²) < 4.78 is 43.5. The van der Waals surface area contributed by atoms with Crippen molar-refractivity contribution in [2.24, 2.45) is 0 Å². The maximum absolute atomic E-state index is 12.7. The molecule has 1 amide bonds. The van der Waals surface area contributed by atoms with E-state index in [1.54, 1.807) is 12.1 Å². The van der Waals surface area contributed by atoms with Gasteiger partial charge in [-0.1, -0.05) is 25.1 Å². The van der Waals surface area contributed by atoms with Crippen molar-refractivity contribution in [3.63, 3.8) is 0 Å². The standard InChI is InChI=1S/C18H18F3NO2/c1-3-13-7-9-16(10-8-13)24-12(2)17(23)22-15-6-4-5-14(11-15)18(19,20)21/h4-12H,3H2,1-2H3,(H,22,23). The van der Waals surface area contributed by atoms with Crippen LogP contribution in [0.2, 0.25) is 0 Å². The third kappa shape index (κ3) is 4.75. The molecule has 0 heterocycles. The van der Waals surface area contributed by atoms with Gasteiger partial charge in [0, 0.05) is 5.69 Å². The minimum Gasteiger partial charge on any atom is -0.481 e. The van der Waals surface area contributed by atoms with Crippen molar-refractivity contribution in [2.75, 3.05) is 5.32 Å². The topological polar surface area (TPSA) is 38.3 Å². The first-order valence-corrected chi connectivity index (χ1v) is 7.53. The van der Waals surface area contributed by atoms with Crippen LogP contribution in [0, 0.1) is 0 Å². The van der Waals surface area contributed by atoms with E-state index in [0.717, 1.165) is 24.1 Å². The largest absolute Gasteiger partial charge is 0.481 e. The molecule has 2 rings (SSSR count). The molecule has 1 N–H and O–H groups in total. The maximum Gasteiger partial charge on any atom is 0.416 e. The summed E-state index contributed by atoms with van der Waals surface area (Å²) in [7, 11) is 0. The number of hydrogen-bond acceptors (Lipinski definition) is 2. The number of carbonyl (C=O) groups excluding carboxylic acids is 1. The summed E-state index contributed by atoms with van der Waals surface area (Å²) in [5.41, 5.74) is 0.402. The van der Waals surface area contributed by atoms with Crippen molar-refractivity contribution >= 4 is 11.6 Å². The van der Waals surface area contributed by atoms with Gasteiger partial charge in [0.15, 0.2) is 6.10 Å². The molecule has 0 spiro atoms. The number of rotatable bonds is 5. The molecule has 128 valence electrons. The minimum absolute atomic E-state index is 0.0756. The fraction of sp³-hybridized carbons (Fsp3) is 0.278. The lowest BCUT2D eigenvalue weighted by molar-refractivity contribution is -0.137. The lowest BCUT2D eigenvalue weighted by Gasteiger charge is -2.16. The number of aryl methyl sites for hydroxylation is 1. The van der Waals surface area contributed by atoms with Crippen molar-refractivity contribution in [1.82, 2.24) is 0 Å². The van der Waals surface area contributed by atoms with E-state index in [4.69, 9.17) is 4.74 Å².